The second kappa shape index (κ2) is 6.98. The molecule has 0 spiro atoms. The fraction of sp³-hybridized carbons (Fsp3) is 0.500. The SMILES string of the molecule is CCOC(=O)Cc1cnc(CN)c(C(F)F)c1OC. The van der Waals surface area contributed by atoms with Gasteiger partial charge < -0.3 is 15.2 Å². The van der Waals surface area contributed by atoms with Gasteiger partial charge in [0.2, 0.25) is 0 Å². The zero-order valence-corrected chi connectivity index (χ0v) is 10.8. The summed E-state index contributed by atoms with van der Waals surface area (Å²) in [5.74, 6) is -0.582. The van der Waals surface area contributed by atoms with Crippen molar-refractivity contribution in [1.29, 1.82) is 0 Å². The quantitative estimate of drug-likeness (QED) is 0.797. The van der Waals surface area contributed by atoms with Crippen LogP contribution in [0.5, 0.6) is 5.75 Å². The van der Waals surface area contributed by atoms with Crippen LogP contribution in [0.2, 0.25) is 0 Å². The lowest BCUT2D eigenvalue weighted by Gasteiger charge is -2.15. The van der Waals surface area contributed by atoms with Crippen molar-refractivity contribution in [1.82, 2.24) is 4.98 Å². The van der Waals surface area contributed by atoms with Gasteiger partial charge in [-0.15, -0.1) is 0 Å². The van der Waals surface area contributed by atoms with Gasteiger partial charge in [0.1, 0.15) is 5.75 Å². The predicted octanol–water partition coefficient (Wildman–Crippen LogP) is 1.59. The average Bonchev–Trinajstić information content (AvgIpc) is 2.38. The number of alkyl halides is 2. The van der Waals surface area contributed by atoms with E-state index in [9.17, 15) is 13.6 Å². The molecule has 2 N–H and O–H groups in total. The van der Waals surface area contributed by atoms with E-state index in [1.165, 1.54) is 13.3 Å². The van der Waals surface area contributed by atoms with Crippen molar-refractivity contribution in [3.63, 3.8) is 0 Å². The normalized spacial score (nSPS) is 10.6. The molecule has 5 nitrogen and oxygen atoms in total. The number of hydrogen-bond acceptors (Lipinski definition) is 5. The third kappa shape index (κ3) is 3.60. The Balaban J connectivity index is 3.19. The van der Waals surface area contributed by atoms with Gasteiger partial charge in [-0.3, -0.25) is 9.78 Å². The van der Waals surface area contributed by atoms with E-state index in [1.807, 2.05) is 0 Å². The van der Waals surface area contributed by atoms with Gasteiger partial charge >= 0.3 is 5.97 Å². The molecule has 0 aromatic carbocycles. The Morgan fingerprint density at radius 3 is 2.68 bits per heavy atom. The van der Waals surface area contributed by atoms with Crippen LogP contribution < -0.4 is 10.5 Å². The number of methoxy groups -OCH3 is 1. The first-order valence-electron chi connectivity index (χ1n) is 5.73. The van der Waals surface area contributed by atoms with Crippen molar-refractivity contribution in [2.45, 2.75) is 26.3 Å². The average molecular weight is 274 g/mol. The molecule has 106 valence electrons. The van der Waals surface area contributed by atoms with Gasteiger partial charge in [0.25, 0.3) is 6.43 Å². The Hall–Kier alpha value is -1.76. The Labute approximate surface area is 109 Å². The second-order valence-corrected chi connectivity index (χ2v) is 3.66. The van der Waals surface area contributed by atoms with Gasteiger partial charge in [0, 0.05) is 18.3 Å². The fourth-order valence-electron chi connectivity index (χ4n) is 1.71. The highest BCUT2D eigenvalue weighted by atomic mass is 19.3. The molecule has 0 aliphatic heterocycles. The van der Waals surface area contributed by atoms with Crippen molar-refractivity contribution in [3.05, 3.63) is 23.0 Å². The topological polar surface area (TPSA) is 74.4 Å². The summed E-state index contributed by atoms with van der Waals surface area (Å²) in [5, 5.41) is 0. The maximum Gasteiger partial charge on any atom is 0.310 e. The molecule has 0 saturated heterocycles. The van der Waals surface area contributed by atoms with Crippen molar-refractivity contribution >= 4 is 5.97 Å². The molecule has 0 amide bonds. The van der Waals surface area contributed by atoms with Crippen LogP contribution in [0.1, 0.15) is 30.2 Å². The third-order valence-electron chi connectivity index (χ3n) is 2.48. The lowest BCUT2D eigenvalue weighted by atomic mass is 10.1. The number of halogens is 2. The molecule has 0 radical (unpaired) electrons. The Morgan fingerprint density at radius 2 is 2.21 bits per heavy atom. The molecule has 0 aliphatic rings. The summed E-state index contributed by atoms with van der Waals surface area (Å²) in [7, 11) is 1.26. The maximum absolute atomic E-state index is 13.0. The van der Waals surface area contributed by atoms with Crippen molar-refractivity contribution in [2.75, 3.05) is 13.7 Å². The highest BCUT2D eigenvalue weighted by Crippen LogP contribution is 2.34. The Morgan fingerprint density at radius 1 is 1.53 bits per heavy atom. The fourth-order valence-corrected chi connectivity index (χ4v) is 1.71. The number of carbonyl (C=O) groups excluding carboxylic acids is 1. The zero-order chi connectivity index (χ0) is 14.4. The van der Waals surface area contributed by atoms with Gasteiger partial charge in [0.15, 0.2) is 0 Å². The molecule has 0 fully saturated rings. The number of nitrogens with zero attached hydrogens (tertiary/aromatic N) is 1. The molecule has 0 atom stereocenters. The molecule has 1 aromatic heterocycles. The van der Waals surface area contributed by atoms with E-state index in [2.05, 4.69) is 4.98 Å². The summed E-state index contributed by atoms with van der Waals surface area (Å²) in [4.78, 5) is 15.2. The molecule has 1 rings (SSSR count). The minimum atomic E-state index is -2.77. The highest BCUT2D eigenvalue weighted by molar-refractivity contribution is 5.73. The van der Waals surface area contributed by atoms with Crippen LogP contribution in [0.3, 0.4) is 0 Å². The summed E-state index contributed by atoms with van der Waals surface area (Å²) in [6.45, 7) is 1.75. The van der Waals surface area contributed by atoms with E-state index in [0.29, 0.717) is 0 Å². The summed E-state index contributed by atoms with van der Waals surface area (Å²) >= 11 is 0. The molecule has 1 aromatic rings. The molecular weight excluding hydrogens is 258 g/mol. The minimum Gasteiger partial charge on any atom is -0.496 e. The number of ether oxygens (including phenoxy) is 2. The predicted molar refractivity (Wildman–Crippen MR) is 64.0 cm³/mol. The zero-order valence-electron chi connectivity index (χ0n) is 10.8. The summed E-state index contributed by atoms with van der Waals surface area (Å²) in [5.41, 5.74) is 5.31. The number of esters is 1. The molecule has 0 unspecified atom stereocenters. The van der Waals surface area contributed by atoms with Gasteiger partial charge in [0.05, 0.1) is 31.4 Å². The number of pyridine rings is 1. The number of rotatable bonds is 6. The van der Waals surface area contributed by atoms with Crippen LogP contribution in [-0.4, -0.2) is 24.7 Å². The minimum absolute atomic E-state index is 0.0551. The van der Waals surface area contributed by atoms with E-state index < -0.39 is 12.4 Å². The maximum atomic E-state index is 13.0. The molecule has 19 heavy (non-hydrogen) atoms. The van der Waals surface area contributed by atoms with E-state index in [0.717, 1.165) is 0 Å². The Bertz CT molecular complexity index is 453. The van der Waals surface area contributed by atoms with Gasteiger partial charge in [-0.1, -0.05) is 0 Å². The first-order chi connectivity index (χ1) is 9.04. The van der Waals surface area contributed by atoms with E-state index in [-0.39, 0.29) is 42.1 Å². The summed E-state index contributed by atoms with van der Waals surface area (Å²) < 4.78 is 35.8. The van der Waals surface area contributed by atoms with Crippen LogP contribution in [0.25, 0.3) is 0 Å². The molecule has 1 heterocycles. The molecule has 0 aliphatic carbocycles. The first kappa shape index (κ1) is 15.3. The smallest absolute Gasteiger partial charge is 0.310 e. The van der Waals surface area contributed by atoms with E-state index >= 15 is 0 Å². The molecule has 0 saturated carbocycles. The molecular formula is C12H16F2N2O3. The van der Waals surface area contributed by atoms with E-state index in [1.54, 1.807) is 6.92 Å². The van der Waals surface area contributed by atoms with Gasteiger partial charge in [-0.05, 0) is 6.92 Å². The highest BCUT2D eigenvalue weighted by Gasteiger charge is 2.23. The number of aromatic nitrogens is 1. The molecule has 7 heteroatoms. The number of carbonyl (C=O) groups is 1. The van der Waals surface area contributed by atoms with Gasteiger partial charge in [-0.25, -0.2) is 8.78 Å². The van der Waals surface area contributed by atoms with Crippen LogP contribution in [-0.2, 0) is 22.5 Å². The Kier molecular flexibility index (Phi) is 5.62. The largest absolute Gasteiger partial charge is 0.496 e. The van der Waals surface area contributed by atoms with Crippen LogP contribution in [0, 0.1) is 0 Å². The first-order valence-corrected chi connectivity index (χ1v) is 5.73. The summed E-state index contributed by atoms with van der Waals surface area (Å²) in [6, 6.07) is 0. The molecule has 0 bridgehead atoms. The van der Waals surface area contributed by atoms with Crippen LogP contribution in [0.4, 0.5) is 8.78 Å². The van der Waals surface area contributed by atoms with Crippen molar-refractivity contribution in [2.24, 2.45) is 5.73 Å². The standard InChI is InChI=1S/C12H16F2N2O3/c1-3-19-9(17)4-7-6-16-8(5-15)10(12(13)14)11(7)18-2/h6,12H,3-5,15H2,1-2H3. The summed E-state index contributed by atoms with van der Waals surface area (Å²) in [6.07, 6.45) is -1.64. The monoisotopic (exact) mass is 274 g/mol. The van der Waals surface area contributed by atoms with E-state index in [4.69, 9.17) is 15.2 Å². The van der Waals surface area contributed by atoms with Crippen molar-refractivity contribution < 1.29 is 23.0 Å². The lowest BCUT2D eigenvalue weighted by Crippen LogP contribution is -2.13. The number of hydrogen-bond donors (Lipinski definition) is 1. The second-order valence-electron chi connectivity index (χ2n) is 3.66. The third-order valence-corrected chi connectivity index (χ3v) is 2.48. The van der Waals surface area contributed by atoms with Crippen LogP contribution in [0.15, 0.2) is 6.20 Å². The van der Waals surface area contributed by atoms with Crippen molar-refractivity contribution in [3.8, 4) is 5.75 Å². The van der Waals surface area contributed by atoms with Gasteiger partial charge in [-0.2, -0.15) is 0 Å². The number of nitrogens with two attached hydrogens (primary N) is 1. The lowest BCUT2D eigenvalue weighted by molar-refractivity contribution is -0.142. The van der Waals surface area contributed by atoms with Crippen LogP contribution >= 0.6 is 0 Å².